The molecule has 2 N–H and O–H groups in total. The summed E-state index contributed by atoms with van der Waals surface area (Å²) < 4.78 is 26.2. The number of phosphoric ester groups is 1. The van der Waals surface area contributed by atoms with E-state index in [1.165, 1.54) is 38.5 Å². The number of hydrogen-bond donors (Lipinski definition) is 2. The molecule has 0 saturated heterocycles. The molecule has 0 aromatic heterocycles. The second-order valence-electron chi connectivity index (χ2n) is 12.5. The lowest BCUT2D eigenvalue weighted by Gasteiger charge is -2.18. The fourth-order valence-corrected chi connectivity index (χ4v) is 5.08. The fourth-order valence-electron chi connectivity index (χ4n) is 4.72. The lowest BCUT2D eigenvalue weighted by atomic mass is 10.1. The van der Waals surface area contributed by atoms with Crippen LogP contribution in [-0.2, 0) is 28.2 Å². The molecule has 0 aliphatic heterocycles. The highest BCUT2D eigenvalue weighted by Crippen LogP contribution is 2.35. The summed E-state index contributed by atoms with van der Waals surface area (Å²) in [5.41, 5.74) is 0. The third-order valence-corrected chi connectivity index (χ3v) is 8.14. The molecule has 0 unspecified atom stereocenters. The first kappa shape index (κ1) is 48.2. The van der Waals surface area contributed by atoms with Gasteiger partial charge in [0.1, 0.15) is 6.61 Å². The second-order valence-corrected chi connectivity index (χ2v) is 13.8. The zero-order valence-corrected chi connectivity index (χ0v) is 32.6. The Morgan fingerprint density at radius 3 is 1.45 bits per heavy atom. The SMILES string of the molecule is CCCC/C=C/C/C=C/CCCCCCCC(=O)O[C@H](COC(=O)CC/C=C/C/C=C/C/C=C/C/C=C/C/C=C/CCCCC)COP(=O)(O)O. The van der Waals surface area contributed by atoms with E-state index in [4.69, 9.17) is 19.3 Å². The summed E-state index contributed by atoms with van der Waals surface area (Å²) >= 11 is 0. The number of carbonyl (C=O) groups excluding carboxylic acids is 2. The van der Waals surface area contributed by atoms with E-state index in [9.17, 15) is 14.2 Å². The van der Waals surface area contributed by atoms with Crippen molar-refractivity contribution in [3.8, 4) is 0 Å². The molecule has 0 amide bonds. The second kappa shape index (κ2) is 37.0. The van der Waals surface area contributed by atoms with Crippen molar-refractivity contribution in [1.29, 1.82) is 0 Å². The van der Waals surface area contributed by atoms with Crippen LogP contribution < -0.4 is 0 Å². The summed E-state index contributed by atoms with van der Waals surface area (Å²) in [4.78, 5) is 42.7. The molecular weight excluding hydrogens is 663 g/mol. The molecule has 0 fully saturated rings. The Balaban J connectivity index is 4.13. The number of phosphoric acid groups is 1. The standard InChI is InChI=1S/C42H69O8P/c1-3-5-7-9-11-13-15-17-19-20-21-22-23-25-26-28-30-32-34-36-41(43)48-38-40(39-49-51(45,46)47)50-42(44)37-35-33-31-29-27-24-18-16-14-12-10-8-6-4-2/h10-13,16-19,21-22,25-26,30,32,40H,3-9,14-15,20,23-24,27-29,31,33-39H2,1-2H3,(H2,45,46,47)/b12-10+,13-11+,18-16+,19-17+,22-21+,26-25+,32-30+/t40-/m1/s1. The van der Waals surface area contributed by atoms with Crippen LogP contribution >= 0.6 is 7.82 Å². The van der Waals surface area contributed by atoms with Gasteiger partial charge in [-0.2, -0.15) is 0 Å². The fraction of sp³-hybridized carbons (Fsp3) is 0.619. The number of unbranched alkanes of at least 4 members (excludes halogenated alkanes) is 10. The summed E-state index contributed by atoms with van der Waals surface area (Å²) in [5, 5.41) is 0. The zero-order valence-electron chi connectivity index (χ0n) is 31.7. The minimum Gasteiger partial charge on any atom is -0.462 e. The van der Waals surface area contributed by atoms with Crippen molar-refractivity contribution in [2.24, 2.45) is 0 Å². The molecule has 0 aliphatic rings. The monoisotopic (exact) mass is 732 g/mol. The molecule has 0 saturated carbocycles. The first-order valence-corrected chi connectivity index (χ1v) is 20.9. The average molecular weight is 733 g/mol. The lowest BCUT2D eigenvalue weighted by Crippen LogP contribution is -2.29. The van der Waals surface area contributed by atoms with Crippen molar-refractivity contribution in [2.45, 2.75) is 155 Å². The number of esters is 2. The maximum Gasteiger partial charge on any atom is 0.469 e. The van der Waals surface area contributed by atoms with Crippen molar-refractivity contribution < 1.29 is 37.9 Å². The molecule has 1 atom stereocenters. The molecule has 9 heteroatoms. The van der Waals surface area contributed by atoms with E-state index in [0.717, 1.165) is 70.6 Å². The van der Waals surface area contributed by atoms with Gasteiger partial charge in [-0.25, -0.2) is 4.57 Å². The predicted octanol–water partition coefficient (Wildman–Crippen LogP) is 11.7. The van der Waals surface area contributed by atoms with E-state index in [1.807, 2.05) is 12.2 Å². The van der Waals surface area contributed by atoms with E-state index in [0.29, 0.717) is 12.8 Å². The van der Waals surface area contributed by atoms with Crippen molar-refractivity contribution >= 4 is 19.8 Å². The highest BCUT2D eigenvalue weighted by atomic mass is 31.2. The molecule has 0 spiro atoms. The minimum atomic E-state index is -4.78. The van der Waals surface area contributed by atoms with Gasteiger partial charge in [0.15, 0.2) is 6.10 Å². The molecule has 0 aliphatic carbocycles. The van der Waals surface area contributed by atoms with Crippen molar-refractivity contribution in [1.82, 2.24) is 0 Å². The van der Waals surface area contributed by atoms with Crippen LogP contribution in [0.3, 0.4) is 0 Å². The Morgan fingerprint density at radius 1 is 0.510 bits per heavy atom. The van der Waals surface area contributed by atoms with Gasteiger partial charge in [-0.05, 0) is 77.0 Å². The van der Waals surface area contributed by atoms with Crippen molar-refractivity contribution in [3.63, 3.8) is 0 Å². The zero-order chi connectivity index (χ0) is 37.5. The quantitative estimate of drug-likeness (QED) is 0.0290. The Hall–Kier alpha value is -2.77. The summed E-state index contributed by atoms with van der Waals surface area (Å²) in [7, 11) is -4.78. The molecule has 0 heterocycles. The Morgan fingerprint density at radius 2 is 0.941 bits per heavy atom. The summed E-state index contributed by atoms with van der Waals surface area (Å²) in [6, 6.07) is 0. The van der Waals surface area contributed by atoms with Crippen LogP contribution in [0.25, 0.3) is 0 Å². The smallest absolute Gasteiger partial charge is 0.462 e. The van der Waals surface area contributed by atoms with Gasteiger partial charge < -0.3 is 19.3 Å². The van der Waals surface area contributed by atoms with Crippen LogP contribution in [-0.4, -0.2) is 41.0 Å². The average Bonchev–Trinajstić information content (AvgIpc) is 3.10. The summed E-state index contributed by atoms with van der Waals surface area (Å²) in [5.74, 6) is -1.01. The molecule has 8 nitrogen and oxygen atoms in total. The van der Waals surface area contributed by atoms with Gasteiger partial charge in [-0.15, -0.1) is 0 Å². The number of rotatable bonds is 34. The minimum absolute atomic E-state index is 0.136. The first-order chi connectivity index (χ1) is 24.8. The Kier molecular flexibility index (Phi) is 35.0. The number of ether oxygens (including phenoxy) is 2. The predicted molar refractivity (Wildman–Crippen MR) is 211 cm³/mol. The van der Waals surface area contributed by atoms with E-state index in [1.54, 1.807) is 0 Å². The molecule has 0 radical (unpaired) electrons. The Bertz CT molecular complexity index is 1100. The van der Waals surface area contributed by atoms with Gasteiger partial charge >= 0.3 is 19.8 Å². The van der Waals surface area contributed by atoms with Gasteiger partial charge in [0.25, 0.3) is 0 Å². The highest BCUT2D eigenvalue weighted by Gasteiger charge is 2.22. The van der Waals surface area contributed by atoms with Gasteiger partial charge in [0.2, 0.25) is 0 Å². The van der Waals surface area contributed by atoms with E-state index in [2.05, 4.69) is 91.3 Å². The Labute approximate surface area is 310 Å². The first-order valence-electron chi connectivity index (χ1n) is 19.4. The molecule has 51 heavy (non-hydrogen) atoms. The normalized spacial score (nSPS) is 13.4. The maximum atomic E-state index is 12.4. The topological polar surface area (TPSA) is 119 Å². The molecular formula is C42H69O8P. The molecule has 290 valence electrons. The maximum absolute atomic E-state index is 12.4. The summed E-state index contributed by atoms with van der Waals surface area (Å²) in [6.45, 7) is 3.52. The van der Waals surface area contributed by atoms with Crippen LogP contribution in [0.15, 0.2) is 85.1 Å². The van der Waals surface area contributed by atoms with Crippen LogP contribution in [0.5, 0.6) is 0 Å². The van der Waals surface area contributed by atoms with Crippen LogP contribution in [0, 0.1) is 0 Å². The van der Waals surface area contributed by atoms with Crippen molar-refractivity contribution in [2.75, 3.05) is 13.2 Å². The molecule has 0 rings (SSSR count). The van der Waals surface area contributed by atoms with E-state index in [-0.39, 0.29) is 19.4 Å². The molecule has 0 aromatic rings. The lowest BCUT2D eigenvalue weighted by molar-refractivity contribution is -0.161. The molecule has 0 bridgehead atoms. The van der Waals surface area contributed by atoms with Gasteiger partial charge in [-0.1, -0.05) is 144 Å². The largest absolute Gasteiger partial charge is 0.469 e. The van der Waals surface area contributed by atoms with Crippen LogP contribution in [0.4, 0.5) is 0 Å². The van der Waals surface area contributed by atoms with Gasteiger partial charge in [0, 0.05) is 12.8 Å². The number of carbonyl (C=O) groups is 2. The number of allylic oxidation sites excluding steroid dienone is 14. The van der Waals surface area contributed by atoms with Crippen molar-refractivity contribution in [3.05, 3.63) is 85.1 Å². The van der Waals surface area contributed by atoms with Gasteiger partial charge in [-0.3, -0.25) is 14.1 Å². The van der Waals surface area contributed by atoms with Crippen LogP contribution in [0.1, 0.15) is 149 Å². The number of hydrogen-bond acceptors (Lipinski definition) is 6. The third-order valence-electron chi connectivity index (χ3n) is 7.65. The third kappa shape index (κ3) is 39.9. The van der Waals surface area contributed by atoms with Crippen LogP contribution in [0.2, 0.25) is 0 Å². The molecule has 0 aromatic carbocycles. The van der Waals surface area contributed by atoms with E-state index < -0.39 is 32.5 Å². The van der Waals surface area contributed by atoms with E-state index >= 15 is 0 Å². The van der Waals surface area contributed by atoms with Gasteiger partial charge in [0.05, 0.1) is 6.61 Å². The highest BCUT2D eigenvalue weighted by molar-refractivity contribution is 7.46. The summed E-state index contributed by atoms with van der Waals surface area (Å²) in [6.07, 6.45) is 48.8.